The third-order valence-electron chi connectivity index (χ3n) is 5.82. The number of carbonyl (C=O) groups excluding carboxylic acids is 1. The van der Waals surface area contributed by atoms with Crippen LogP contribution in [0.1, 0.15) is 40.0 Å². The Morgan fingerprint density at radius 3 is 2.60 bits per heavy atom. The molecule has 0 unspecified atom stereocenters. The summed E-state index contributed by atoms with van der Waals surface area (Å²) < 4.78 is 35.2. The summed E-state index contributed by atoms with van der Waals surface area (Å²) in [4.78, 5) is 17.7. The molecule has 0 atom stereocenters. The Bertz CT molecular complexity index is 1480. The van der Waals surface area contributed by atoms with Crippen molar-refractivity contribution < 1.29 is 17.9 Å². The van der Waals surface area contributed by atoms with Gasteiger partial charge in [-0.1, -0.05) is 30.3 Å². The van der Waals surface area contributed by atoms with Gasteiger partial charge in [0.1, 0.15) is 18.0 Å². The summed E-state index contributed by atoms with van der Waals surface area (Å²) in [5.41, 5.74) is 3.92. The van der Waals surface area contributed by atoms with Gasteiger partial charge < -0.3 is 14.5 Å². The van der Waals surface area contributed by atoms with E-state index in [1.807, 2.05) is 41.9 Å². The predicted octanol–water partition coefficient (Wildman–Crippen LogP) is 3.59. The third-order valence-corrected chi connectivity index (χ3v) is 7.36. The summed E-state index contributed by atoms with van der Waals surface area (Å²) in [7, 11) is -3.49. The first-order valence-corrected chi connectivity index (χ1v) is 12.9. The maximum atomic E-state index is 12.9. The summed E-state index contributed by atoms with van der Waals surface area (Å²) >= 11 is 0. The fourth-order valence-corrected chi connectivity index (χ4v) is 5.06. The fourth-order valence-electron chi connectivity index (χ4n) is 3.76. The summed E-state index contributed by atoms with van der Waals surface area (Å²) in [6.45, 7) is 2.50. The van der Waals surface area contributed by atoms with Gasteiger partial charge >= 0.3 is 0 Å². The number of nitrogens with zero attached hydrogens (tertiary/aromatic N) is 2. The molecule has 1 amide bonds. The van der Waals surface area contributed by atoms with Crippen LogP contribution in [0, 0.1) is 6.92 Å². The molecule has 180 valence electrons. The van der Waals surface area contributed by atoms with Crippen LogP contribution in [0.2, 0.25) is 0 Å². The molecule has 2 heterocycles. The molecule has 1 aliphatic rings. The van der Waals surface area contributed by atoms with E-state index < -0.39 is 10.0 Å². The van der Waals surface area contributed by atoms with Crippen molar-refractivity contribution in [2.45, 2.75) is 43.9 Å². The highest BCUT2D eigenvalue weighted by molar-refractivity contribution is 7.89. The summed E-state index contributed by atoms with van der Waals surface area (Å²) in [5, 5.41) is 2.88. The average Bonchev–Trinajstić information content (AvgIpc) is 3.55. The molecule has 1 fully saturated rings. The minimum absolute atomic E-state index is 0.0538. The highest BCUT2D eigenvalue weighted by Gasteiger charge is 2.27. The van der Waals surface area contributed by atoms with Crippen LogP contribution in [0.25, 0.3) is 5.65 Å². The first kappa shape index (κ1) is 23.1. The van der Waals surface area contributed by atoms with Crippen molar-refractivity contribution in [1.29, 1.82) is 0 Å². The predicted molar refractivity (Wildman–Crippen MR) is 132 cm³/mol. The molecule has 0 saturated heterocycles. The number of aromatic nitrogens is 2. The standard InChI is InChI=1S/C26H26N4O4S/c1-18-5-4-14-30-16-21(28-25(18)30)17-34-24-7-3-2-6-23(24)26(31)27-15-19-8-12-22(13-9-19)35(32,33)29-20-10-11-20/h2-9,12-14,16,20,29H,10-11,15,17H2,1H3,(H,27,31). The number of fused-ring (bicyclic) bond motifs is 1. The van der Waals surface area contributed by atoms with Crippen molar-refractivity contribution in [2.24, 2.45) is 0 Å². The second-order valence-corrected chi connectivity index (χ2v) is 10.4. The Morgan fingerprint density at radius 2 is 1.86 bits per heavy atom. The number of aryl methyl sites for hydroxylation is 1. The van der Waals surface area contributed by atoms with E-state index in [0.29, 0.717) is 11.3 Å². The number of nitrogens with one attached hydrogen (secondary N) is 2. The quantitative estimate of drug-likeness (QED) is 0.373. The van der Waals surface area contributed by atoms with Crippen molar-refractivity contribution in [3.8, 4) is 5.75 Å². The monoisotopic (exact) mass is 490 g/mol. The number of hydrogen-bond acceptors (Lipinski definition) is 5. The molecule has 1 saturated carbocycles. The lowest BCUT2D eigenvalue weighted by atomic mass is 10.1. The van der Waals surface area contributed by atoms with Gasteiger partial charge in [0.05, 0.1) is 16.2 Å². The van der Waals surface area contributed by atoms with Crippen molar-refractivity contribution in [1.82, 2.24) is 19.4 Å². The molecule has 8 nitrogen and oxygen atoms in total. The Labute approximate surface area is 204 Å². The smallest absolute Gasteiger partial charge is 0.255 e. The third kappa shape index (κ3) is 5.36. The van der Waals surface area contributed by atoms with Crippen molar-refractivity contribution >= 4 is 21.6 Å². The van der Waals surface area contributed by atoms with E-state index in [1.54, 1.807) is 42.5 Å². The number of carbonyl (C=O) groups is 1. The van der Waals surface area contributed by atoms with E-state index in [4.69, 9.17) is 4.74 Å². The molecule has 0 spiro atoms. The van der Waals surface area contributed by atoms with Crippen LogP contribution in [-0.2, 0) is 23.2 Å². The maximum absolute atomic E-state index is 12.9. The van der Waals surface area contributed by atoms with Gasteiger partial charge in [0.15, 0.2) is 0 Å². The van der Waals surface area contributed by atoms with Crippen LogP contribution in [0.3, 0.4) is 0 Å². The summed E-state index contributed by atoms with van der Waals surface area (Å²) in [6, 6.07) is 17.6. The van der Waals surface area contributed by atoms with Gasteiger partial charge in [-0.25, -0.2) is 18.1 Å². The number of ether oxygens (including phenoxy) is 1. The van der Waals surface area contributed by atoms with E-state index in [1.165, 1.54) is 0 Å². The molecule has 0 aliphatic heterocycles. The second-order valence-electron chi connectivity index (χ2n) is 8.66. The zero-order valence-electron chi connectivity index (χ0n) is 19.3. The van der Waals surface area contributed by atoms with Gasteiger partial charge in [-0.15, -0.1) is 0 Å². The number of rotatable bonds is 9. The van der Waals surface area contributed by atoms with Crippen LogP contribution in [0.15, 0.2) is 78.0 Å². The number of imidazole rings is 1. The van der Waals surface area contributed by atoms with Gasteiger partial charge in [-0.3, -0.25) is 4.79 Å². The van der Waals surface area contributed by atoms with Crippen LogP contribution in [0.4, 0.5) is 0 Å². The molecule has 1 aliphatic carbocycles. The number of sulfonamides is 1. The highest BCUT2D eigenvalue weighted by atomic mass is 32.2. The van der Waals surface area contributed by atoms with Crippen molar-refractivity contribution in [2.75, 3.05) is 0 Å². The lowest BCUT2D eigenvalue weighted by Crippen LogP contribution is -2.26. The topological polar surface area (TPSA) is 102 Å². The molecule has 9 heteroatoms. The van der Waals surface area contributed by atoms with Gasteiger partial charge in [0.2, 0.25) is 10.0 Å². The van der Waals surface area contributed by atoms with E-state index >= 15 is 0 Å². The van der Waals surface area contributed by atoms with Crippen LogP contribution < -0.4 is 14.8 Å². The number of amides is 1. The maximum Gasteiger partial charge on any atom is 0.255 e. The zero-order valence-corrected chi connectivity index (χ0v) is 20.1. The fraction of sp³-hybridized carbons (Fsp3) is 0.231. The van der Waals surface area contributed by atoms with Crippen molar-refractivity contribution in [3.63, 3.8) is 0 Å². The molecular weight excluding hydrogens is 464 g/mol. The van der Waals surface area contributed by atoms with Gasteiger partial charge in [0, 0.05) is 25.0 Å². The van der Waals surface area contributed by atoms with Crippen LogP contribution in [-0.4, -0.2) is 29.8 Å². The average molecular weight is 491 g/mol. The van der Waals surface area contributed by atoms with E-state index in [2.05, 4.69) is 15.0 Å². The largest absolute Gasteiger partial charge is 0.486 e. The molecule has 2 N–H and O–H groups in total. The van der Waals surface area contributed by atoms with Gasteiger partial charge in [-0.2, -0.15) is 0 Å². The molecule has 0 radical (unpaired) electrons. The number of pyridine rings is 1. The Kier molecular flexibility index (Phi) is 6.27. The SMILES string of the molecule is Cc1cccn2cc(COc3ccccc3C(=O)NCc3ccc(S(=O)(=O)NC4CC4)cc3)nc12. The first-order valence-electron chi connectivity index (χ1n) is 11.4. The molecule has 4 aromatic rings. The zero-order chi connectivity index (χ0) is 24.4. The van der Waals surface area contributed by atoms with Gasteiger partial charge in [0.25, 0.3) is 5.91 Å². The minimum Gasteiger partial charge on any atom is -0.486 e. The number of hydrogen-bond donors (Lipinski definition) is 2. The summed E-state index contributed by atoms with van der Waals surface area (Å²) in [6.07, 6.45) is 5.61. The molecule has 5 rings (SSSR count). The first-order chi connectivity index (χ1) is 16.9. The molecule has 0 bridgehead atoms. The molecule has 35 heavy (non-hydrogen) atoms. The lowest BCUT2D eigenvalue weighted by molar-refractivity contribution is 0.0946. The lowest BCUT2D eigenvalue weighted by Gasteiger charge is -2.11. The normalized spacial score (nSPS) is 13.6. The van der Waals surface area contributed by atoms with E-state index in [-0.39, 0.29) is 30.0 Å². The Hall–Kier alpha value is -3.69. The number of benzene rings is 2. The Morgan fingerprint density at radius 1 is 1.09 bits per heavy atom. The Balaban J connectivity index is 1.22. The molecular formula is C26H26N4O4S. The van der Waals surface area contributed by atoms with E-state index in [9.17, 15) is 13.2 Å². The number of para-hydroxylation sites is 1. The second kappa shape index (κ2) is 9.52. The molecule has 2 aromatic heterocycles. The van der Waals surface area contributed by atoms with E-state index in [0.717, 1.165) is 35.3 Å². The van der Waals surface area contributed by atoms with Gasteiger partial charge in [-0.05, 0) is 61.2 Å². The van der Waals surface area contributed by atoms with Crippen molar-refractivity contribution in [3.05, 3.63) is 95.4 Å². The van der Waals surface area contributed by atoms with Crippen LogP contribution in [0.5, 0.6) is 5.75 Å². The van der Waals surface area contributed by atoms with Crippen LogP contribution >= 0.6 is 0 Å². The summed E-state index contributed by atoms with van der Waals surface area (Å²) in [5.74, 6) is 0.185. The highest BCUT2D eigenvalue weighted by Crippen LogP contribution is 2.23. The minimum atomic E-state index is -3.49. The molecule has 2 aromatic carbocycles.